The maximum Gasteiger partial charge on any atom is 0.223 e. The van der Waals surface area contributed by atoms with E-state index in [1.165, 1.54) is 6.33 Å². The van der Waals surface area contributed by atoms with Gasteiger partial charge in [-0.3, -0.25) is 4.79 Å². The molecule has 1 heterocycles. The van der Waals surface area contributed by atoms with E-state index in [2.05, 4.69) is 15.4 Å². The van der Waals surface area contributed by atoms with Crippen molar-refractivity contribution in [3.63, 3.8) is 0 Å². The van der Waals surface area contributed by atoms with Crippen molar-refractivity contribution in [2.45, 2.75) is 19.5 Å². The summed E-state index contributed by atoms with van der Waals surface area (Å²) in [5.74, 6) is 0.744. The first kappa shape index (κ1) is 20.3. The third-order valence-corrected chi connectivity index (χ3v) is 4.88. The van der Waals surface area contributed by atoms with E-state index in [9.17, 15) is 4.79 Å². The van der Waals surface area contributed by atoms with Crippen molar-refractivity contribution in [2.24, 2.45) is 0 Å². The van der Waals surface area contributed by atoms with Crippen LogP contribution in [0.15, 0.2) is 91.5 Å². The van der Waals surface area contributed by atoms with Crippen LogP contribution in [0, 0.1) is 0 Å². The fourth-order valence-corrected chi connectivity index (χ4v) is 3.26. The predicted molar refractivity (Wildman–Crippen MR) is 119 cm³/mol. The Balaban J connectivity index is 1.23. The maximum atomic E-state index is 12.2. The summed E-state index contributed by atoms with van der Waals surface area (Å²) in [6.07, 6.45) is 3.51. The molecule has 31 heavy (non-hydrogen) atoms. The molecule has 0 aliphatic rings. The number of benzene rings is 3. The summed E-state index contributed by atoms with van der Waals surface area (Å²) >= 11 is 0. The zero-order chi connectivity index (χ0) is 21.3. The Morgan fingerprint density at radius 3 is 2.42 bits per heavy atom. The lowest BCUT2D eigenvalue weighted by Crippen LogP contribution is -2.24. The molecule has 0 bridgehead atoms. The lowest BCUT2D eigenvalue weighted by Gasteiger charge is -2.12. The van der Waals surface area contributed by atoms with Gasteiger partial charge in [0, 0.05) is 12.1 Å². The Morgan fingerprint density at radius 1 is 0.903 bits per heavy atom. The van der Waals surface area contributed by atoms with Crippen molar-refractivity contribution >= 4 is 5.91 Å². The minimum absolute atomic E-state index is 0.0381. The number of nitrogens with one attached hydrogen (secondary N) is 1. The summed E-state index contributed by atoms with van der Waals surface area (Å²) in [6.45, 7) is 1.49. The number of carbonyl (C=O) groups is 1. The fraction of sp³-hybridized carbons (Fsp3) is 0.160. The van der Waals surface area contributed by atoms with E-state index in [1.54, 1.807) is 11.0 Å². The summed E-state index contributed by atoms with van der Waals surface area (Å²) in [5, 5.41) is 7.05. The third kappa shape index (κ3) is 5.79. The average Bonchev–Trinajstić information content (AvgIpc) is 3.33. The number of ether oxygens (including phenoxy) is 1. The van der Waals surface area contributed by atoms with Gasteiger partial charge in [-0.25, -0.2) is 9.67 Å². The molecule has 4 aromatic rings. The van der Waals surface area contributed by atoms with E-state index in [0.29, 0.717) is 26.1 Å². The van der Waals surface area contributed by atoms with Gasteiger partial charge in [0.1, 0.15) is 18.4 Å². The SMILES string of the molecule is O=C(CCOc1ccccc1-c1ccccc1)NCc1ccc(Cn2cncn2)cc1. The topological polar surface area (TPSA) is 69.0 Å². The van der Waals surface area contributed by atoms with Gasteiger partial charge in [-0.15, -0.1) is 0 Å². The Bertz CT molecular complexity index is 1090. The normalized spacial score (nSPS) is 10.6. The Hall–Kier alpha value is -3.93. The Morgan fingerprint density at radius 2 is 1.65 bits per heavy atom. The van der Waals surface area contributed by atoms with Crippen LogP contribution in [-0.2, 0) is 17.9 Å². The van der Waals surface area contributed by atoms with E-state index in [-0.39, 0.29) is 5.91 Å². The molecular weight excluding hydrogens is 388 g/mol. The average molecular weight is 412 g/mol. The Kier molecular flexibility index (Phi) is 6.70. The molecule has 6 nitrogen and oxygen atoms in total. The highest BCUT2D eigenvalue weighted by atomic mass is 16.5. The number of rotatable bonds is 9. The van der Waals surface area contributed by atoms with Gasteiger partial charge in [-0.05, 0) is 22.8 Å². The molecule has 0 unspecified atom stereocenters. The van der Waals surface area contributed by atoms with Gasteiger partial charge in [0.15, 0.2) is 0 Å². The number of nitrogens with zero attached hydrogens (tertiary/aromatic N) is 3. The van der Waals surface area contributed by atoms with Gasteiger partial charge in [-0.1, -0.05) is 72.8 Å². The first-order valence-corrected chi connectivity index (χ1v) is 10.2. The molecular formula is C25H24N4O2. The van der Waals surface area contributed by atoms with E-state index in [0.717, 1.165) is 28.0 Å². The van der Waals surface area contributed by atoms with Crippen LogP contribution in [0.25, 0.3) is 11.1 Å². The van der Waals surface area contributed by atoms with Crippen LogP contribution in [-0.4, -0.2) is 27.3 Å². The van der Waals surface area contributed by atoms with Gasteiger partial charge in [0.25, 0.3) is 0 Å². The van der Waals surface area contributed by atoms with Crippen molar-refractivity contribution < 1.29 is 9.53 Å². The van der Waals surface area contributed by atoms with E-state index in [4.69, 9.17) is 4.74 Å². The minimum atomic E-state index is -0.0381. The first-order valence-electron chi connectivity index (χ1n) is 10.2. The second-order valence-corrected chi connectivity index (χ2v) is 7.15. The quantitative estimate of drug-likeness (QED) is 0.450. The minimum Gasteiger partial charge on any atom is -0.492 e. The smallest absolute Gasteiger partial charge is 0.223 e. The van der Waals surface area contributed by atoms with Crippen LogP contribution >= 0.6 is 0 Å². The predicted octanol–water partition coefficient (Wildman–Crippen LogP) is 4.08. The second kappa shape index (κ2) is 10.2. The van der Waals surface area contributed by atoms with Gasteiger partial charge < -0.3 is 10.1 Å². The number of aromatic nitrogens is 3. The molecule has 0 saturated carbocycles. The summed E-state index contributed by atoms with van der Waals surface area (Å²) < 4.78 is 7.68. The molecule has 6 heteroatoms. The van der Waals surface area contributed by atoms with Crippen molar-refractivity contribution in [1.82, 2.24) is 20.1 Å². The molecule has 0 saturated heterocycles. The van der Waals surface area contributed by atoms with Gasteiger partial charge in [0.05, 0.1) is 19.6 Å². The van der Waals surface area contributed by atoms with E-state index in [1.807, 2.05) is 78.9 Å². The highest BCUT2D eigenvalue weighted by Gasteiger charge is 2.07. The molecule has 3 aromatic carbocycles. The summed E-state index contributed by atoms with van der Waals surface area (Å²) in [7, 11) is 0. The van der Waals surface area contributed by atoms with Crippen molar-refractivity contribution in [1.29, 1.82) is 0 Å². The Labute approximate surface area is 181 Å². The highest BCUT2D eigenvalue weighted by Crippen LogP contribution is 2.29. The van der Waals surface area contributed by atoms with Crippen molar-refractivity contribution in [3.05, 3.63) is 103 Å². The monoisotopic (exact) mass is 412 g/mol. The molecule has 1 amide bonds. The number of amides is 1. The molecule has 0 aliphatic heterocycles. The fourth-order valence-electron chi connectivity index (χ4n) is 3.26. The number of para-hydroxylation sites is 1. The summed E-state index contributed by atoms with van der Waals surface area (Å²) in [5.41, 5.74) is 4.29. The highest BCUT2D eigenvalue weighted by molar-refractivity contribution is 5.76. The first-order chi connectivity index (χ1) is 15.3. The zero-order valence-electron chi connectivity index (χ0n) is 17.1. The molecule has 4 rings (SSSR count). The summed E-state index contributed by atoms with van der Waals surface area (Å²) in [4.78, 5) is 16.2. The molecule has 1 aromatic heterocycles. The molecule has 0 atom stereocenters. The number of hydrogen-bond acceptors (Lipinski definition) is 4. The van der Waals surface area contributed by atoms with Gasteiger partial charge >= 0.3 is 0 Å². The molecule has 0 spiro atoms. The standard InChI is InChI=1S/C25H24N4O2/c30-25(27-16-20-10-12-21(13-11-20)17-29-19-26-18-28-29)14-15-31-24-9-5-4-8-23(24)22-6-2-1-3-7-22/h1-13,18-19H,14-17H2,(H,27,30). The van der Waals surface area contributed by atoms with Crippen molar-refractivity contribution in [2.75, 3.05) is 6.61 Å². The second-order valence-electron chi connectivity index (χ2n) is 7.15. The van der Waals surface area contributed by atoms with Crippen LogP contribution in [0.1, 0.15) is 17.5 Å². The van der Waals surface area contributed by atoms with Crippen LogP contribution in [0.5, 0.6) is 5.75 Å². The third-order valence-electron chi connectivity index (χ3n) is 4.88. The molecule has 0 aliphatic carbocycles. The van der Waals surface area contributed by atoms with Crippen LogP contribution in [0.2, 0.25) is 0 Å². The zero-order valence-corrected chi connectivity index (χ0v) is 17.1. The largest absolute Gasteiger partial charge is 0.492 e. The number of carbonyl (C=O) groups excluding carboxylic acids is 1. The van der Waals surface area contributed by atoms with E-state index < -0.39 is 0 Å². The lowest BCUT2D eigenvalue weighted by molar-refractivity contribution is -0.121. The summed E-state index contributed by atoms with van der Waals surface area (Å²) in [6, 6.07) is 26.1. The lowest BCUT2D eigenvalue weighted by atomic mass is 10.1. The molecule has 1 N–H and O–H groups in total. The van der Waals surface area contributed by atoms with Gasteiger partial charge in [0.2, 0.25) is 5.91 Å². The molecule has 0 radical (unpaired) electrons. The van der Waals surface area contributed by atoms with Crippen LogP contribution in [0.4, 0.5) is 0 Å². The molecule has 156 valence electrons. The van der Waals surface area contributed by atoms with Crippen molar-refractivity contribution in [3.8, 4) is 16.9 Å². The molecule has 0 fully saturated rings. The maximum absolute atomic E-state index is 12.2. The van der Waals surface area contributed by atoms with Crippen LogP contribution < -0.4 is 10.1 Å². The number of hydrogen-bond donors (Lipinski definition) is 1. The van der Waals surface area contributed by atoms with E-state index >= 15 is 0 Å². The van der Waals surface area contributed by atoms with Gasteiger partial charge in [-0.2, -0.15) is 5.10 Å². The van der Waals surface area contributed by atoms with Crippen LogP contribution in [0.3, 0.4) is 0 Å².